The fourth-order valence-electron chi connectivity index (χ4n) is 2.44. The van der Waals surface area contributed by atoms with Crippen molar-refractivity contribution in [2.24, 2.45) is 0 Å². The molecule has 0 aliphatic carbocycles. The molecule has 1 amide bonds. The first-order valence-electron chi connectivity index (χ1n) is 8.73. The second kappa shape index (κ2) is 8.80. The zero-order chi connectivity index (χ0) is 19.1. The third-order valence-corrected chi connectivity index (χ3v) is 3.83. The third kappa shape index (κ3) is 4.82. The minimum Gasteiger partial charge on any atom is -0.497 e. The molecule has 0 bridgehead atoms. The summed E-state index contributed by atoms with van der Waals surface area (Å²) >= 11 is 0. The van der Waals surface area contributed by atoms with E-state index in [0.717, 1.165) is 17.7 Å². The van der Waals surface area contributed by atoms with E-state index in [2.05, 4.69) is 15.3 Å². The Kier molecular flexibility index (Phi) is 5.99. The quantitative estimate of drug-likeness (QED) is 0.684. The van der Waals surface area contributed by atoms with Gasteiger partial charge >= 0.3 is 0 Å². The van der Waals surface area contributed by atoms with E-state index < -0.39 is 0 Å². The SMILES string of the molecule is CCCNC(=O)c1cccc(-c2nccc(Oc3ccc(OC)cc3)n2)c1. The van der Waals surface area contributed by atoms with Gasteiger partial charge < -0.3 is 14.8 Å². The Bertz CT molecular complexity index is 911. The summed E-state index contributed by atoms with van der Waals surface area (Å²) in [5, 5.41) is 2.87. The van der Waals surface area contributed by atoms with Gasteiger partial charge in [-0.2, -0.15) is 4.98 Å². The van der Waals surface area contributed by atoms with E-state index in [1.54, 1.807) is 43.6 Å². The molecular weight excluding hydrogens is 342 g/mol. The molecule has 2 aromatic carbocycles. The molecule has 6 nitrogen and oxygen atoms in total. The van der Waals surface area contributed by atoms with Crippen molar-refractivity contribution in [1.29, 1.82) is 0 Å². The fraction of sp³-hybridized carbons (Fsp3) is 0.190. The highest BCUT2D eigenvalue weighted by Gasteiger charge is 2.09. The number of carbonyl (C=O) groups is 1. The second-order valence-electron chi connectivity index (χ2n) is 5.83. The van der Waals surface area contributed by atoms with Crippen LogP contribution in [0.25, 0.3) is 11.4 Å². The highest BCUT2D eigenvalue weighted by molar-refractivity contribution is 5.95. The lowest BCUT2D eigenvalue weighted by atomic mass is 10.1. The smallest absolute Gasteiger partial charge is 0.251 e. The number of amides is 1. The van der Waals surface area contributed by atoms with E-state index in [-0.39, 0.29) is 5.91 Å². The van der Waals surface area contributed by atoms with E-state index in [9.17, 15) is 4.79 Å². The number of hydrogen-bond acceptors (Lipinski definition) is 5. The number of ether oxygens (including phenoxy) is 2. The largest absolute Gasteiger partial charge is 0.497 e. The van der Waals surface area contributed by atoms with Crippen molar-refractivity contribution in [1.82, 2.24) is 15.3 Å². The Morgan fingerprint density at radius 1 is 1.07 bits per heavy atom. The van der Waals surface area contributed by atoms with Gasteiger partial charge in [0.1, 0.15) is 11.5 Å². The van der Waals surface area contributed by atoms with Gasteiger partial charge in [0.2, 0.25) is 5.88 Å². The first-order chi connectivity index (χ1) is 13.2. The second-order valence-corrected chi connectivity index (χ2v) is 5.83. The molecule has 138 valence electrons. The topological polar surface area (TPSA) is 73.3 Å². The molecule has 1 heterocycles. The summed E-state index contributed by atoms with van der Waals surface area (Å²) in [6.45, 7) is 2.66. The standard InChI is InChI=1S/C21H21N3O3/c1-3-12-23-21(25)16-6-4-5-15(14-16)20-22-13-11-19(24-20)27-18-9-7-17(26-2)8-10-18/h4-11,13-14H,3,12H2,1-2H3,(H,23,25). The van der Waals surface area contributed by atoms with Crippen LogP contribution in [0.15, 0.2) is 60.8 Å². The summed E-state index contributed by atoms with van der Waals surface area (Å²) in [6.07, 6.45) is 2.52. The first kappa shape index (κ1) is 18.4. The van der Waals surface area contributed by atoms with Gasteiger partial charge in [-0.15, -0.1) is 0 Å². The molecule has 27 heavy (non-hydrogen) atoms. The molecule has 1 aromatic heterocycles. The number of rotatable bonds is 7. The lowest BCUT2D eigenvalue weighted by Crippen LogP contribution is -2.23. The molecule has 0 aliphatic rings. The van der Waals surface area contributed by atoms with Crippen LogP contribution in [-0.4, -0.2) is 29.5 Å². The maximum Gasteiger partial charge on any atom is 0.251 e. The van der Waals surface area contributed by atoms with E-state index in [0.29, 0.717) is 29.6 Å². The molecule has 6 heteroatoms. The number of nitrogens with zero attached hydrogens (tertiary/aromatic N) is 2. The molecule has 0 radical (unpaired) electrons. The van der Waals surface area contributed by atoms with Crippen LogP contribution in [0.2, 0.25) is 0 Å². The summed E-state index contributed by atoms with van der Waals surface area (Å²) < 4.78 is 10.9. The van der Waals surface area contributed by atoms with Crippen molar-refractivity contribution in [3.63, 3.8) is 0 Å². The maximum atomic E-state index is 12.2. The van der Waals surface area contributed by atoms with E-state index >= 15 is 0 Å². The maximum absolute atomic E-state index is 12.2. The van der Waals surface area contributed by atoms with E-state index in [1.165, 1.54) is 0 Å². The Balaban J connectivity index is 1.79. The molecule has 0 spiro atoms. The van der Waals surface area contributed by atoms with Crippen LogP contribution in [-0.2, 0) is 0 Å². The molecular formula is C21H21N3O3. The van der Waals surface area contributed by atoms with E-state index in [4.69, 9.17) is 9.47 Å². The van der Waals surface area contributed by atoms with Gasteiger partial charge in [0.15, 0.2) is 5.82 Å². The van der Waals surface area contributed by atoms with Gasteiger partial charge in [0.25, 0.3) is 5.91 Å². The molecule has 0 fully saturated rings. The van der Waals surface area contributed by atoms with Crippen molar-refractivity contribution in [2.75, 3.05) is 13.7 Å². The number of aromatic nitrogens is 2. The average molecular weight is 363 g/mol. The highest BCUT2D eigenvalue weighted by Crippen LogP contribution is 2.24. The van der Waals surface area contributed by atoms with Gasteiger partial charge in [-0.1, -0.05) is 19.1 Å². The van der Waals surface area contributed by atoms with Gasteiger partial charge in [-0.25, -0.2) is 4.98 Å². The fourth-order valence-corrected chi connectivity index (χ4v) is 2.44. The van der Waals surface area contributed by atoms with E-state index in [1.807, 2.05) is 31.2 Å². The first-order valence-corrected chi connectivity index (χ1v) is 8.73. The van der Waals surface area contributed by atoms with Crippen LogP contribution in [0.1, 0.15) is 23.7 Å². The third-order valence-electron chi connectivity index (χ3n) is 3.83. The van der Waals surface area contributed by atoms with Gasteiger partial charge in [-0.3, -0.25) is 4.79 Å². The van der Waals surface area contributed by atoms with Crippen molar-refractivity contribution in [3.05, 3.63) is 66.4 Å². The molecule has 0 atom stereocenters. The summed E-state index contributed by atoms with van der Waals surface area (Å²) in [6, 6.07) is 16.2. The minimum atomic E-state index is -0.107. The zero-order valence-corrected chi connectivity index (χ0v) is 15.3. The number of nitrogens with one attached hydrogen (secondary N) is 1. The molecule has 1 N–H and O–H groups in total. The zero-order valence-electron chi connectivity index (χ0n) is 15.3. The Morgan fingerprint density at radius 3 is 2.59 bits per heavy atom. The molecule has 3 rings (SSSR count). The predicted octanol–water partition coefficient (Wildman–Crippen LogP) is 4.08. The van der Waals surface area contributed by atoms with Crippen molar-refractivity contribution >= 4 is 5.91 Å². The molecule has 0 saturated carbocycles. The Hall–Kier alpha value is -3.41. The van der Waals surface area contributed by atoms with Crippen molar-refractivity contribution in [3.8, 4) is 28.8 Å². The van der Waals surface area contributed by atoms with Crippen LogP contribution in [0.5, 0.6) is 17.4 Å². The molecule has 0 unspecified atom stereocenters. The summed E-state index contributed by atoms with van der Waals surface area (Å²) in [5.41, 5.74) is 1.32. The van der Waals surface area contributed by atoms with Crippen LogP contribution < -0.4 is 14.8 Å². The highest BCUT2D eigenvalue weighted by atomic mass is 16.5. The number of methoxy groups -OCH3 is 1. The number of hydrogen-bond donors (Lipinski definition) is 1. The Labute approximate surface area is 158 Å². The molecule has 0 saturated heterocycles. The number of benzene rings is 2. The van der Waals surface area contributed by atoms with Crippen LogP contribution in [0, 0.1) is 0 Å². The van der Waals surface area contributed by atoms with Crippen LogP contribution in [0.4, 0.5) is 0 Å². The van der Waals surface area contributed by atoms with Crippen LogP contribution >= 0.6 is 0 Å². The molecule has 0 aliphatic heterocycles. The molecule has 3 aromatic rings. The summed E-state index contributed by atoms with van der Waals surface area (Å²) in [7, 11) is 1.61. The lowest BCUT2D eigenvalue weighted by Gasteiger charge is -2.08. The average Bonchev–Trinajstić information content (AvgIpc) is 2.73. The summed E-state index contributed by atoms with van der Waals surface area (Å²) in [5.74, 6) is 2.21. The van der Waals surface area contributed by atoms with Crippen molar-refractivity contribution in [2.45, 2.75) is 13.3 Å². The number of carbonyl (C=O) groups excluding carboxylic acids is 1. The predicted molar refractivity (Wildman–Crippen MR) is 103 cm³/mol. The minimum absolute atomic E-state index is 0.107. The van der Waals surface area contributed by atoms with Gasteiger partial charge in [0.05, 0.1) is 7.11 Å². The summed E-state index contributed by atoms with van der Waals surface area (Å²) in [4.78, 5) is 20.9. The Morgan fingerprint density at radius 2 is 1.85 bits per heavy atom. The van der Waals surface area contributed by atoms with Crippen LogP contribution in [0.3, 0.4) is 0 Å². The van der Waals surface area contributed by atoms with Gasteiger partial charge in [0, 0.05) is 29.9 Å². The lowest BCUT2D eigenvalue weighted by molar-refractivity contribution is 0.0953. The van der Waals surface area contributed by atoms with Gasteiger partial charge in [-0.05, 0) is 42.8 Å². The van der Waals surface area contributed by atoms with Crippen molar-refractivity contribution < 1.29 is 14.3 Å². The normalized spacial score (nSPS) is 10.3. The monoisotopic (exact) mass is 363 g/mol.